The second-order valence-corrected chi connectivity index (χ2v) is 6.54. The van der Waals surface area contributed by atoms with E-state index in [1.54, 1.807) is 0 Å². The fourth-order valence-electron chi connectivity index (χ4n) is 2.88. The molecule has 0 aliphatic rings. The number of Topliss-reactive ketones (excluding diaryl/α,β-unsaturated/α-hetero) is 1. The number of hydrogen-bond donors (Lipinski definition) is 0. The van der Waals surface area contributed by atoms with Crippen LogP contribution >= 0.6 is 0 Å². The van der Waals surface area contributed by atoms with Gasteiger partial charge in [0.2, 0.25) is 0 Å². The van der Waals surface area contributed by atoms with Gasteiger partial charge in [-0.25, -0.2) is 0 Å². The molecule has 0 saturated heterocycles. The van der Waals surface area contributed by atoms with Crippen molar-refractivity contribution in [2.45, 2.75) is 58.0 Å². The van der Waals surface area contributed by atoms with Crippen LogP contribution in [0.15, 0.2) is 54.6 Å². The smallest absolute Gasteiger partial charge is 0.154 e. The second-order valence-electron chi connectivity index (χ2n) is 6.54. The van der Waals surface area contributed by atoms with Crippen molar-refractivity contribution >= 4 is 5.78 Å². The standard InChI is InChI=1S/C23H27NO2/c1-2-3-4-5-9-12-23(25)22(17-24)20-13-15-21(16-14-20)26-18-19-10-7-6-8-11-19/h6-8,10-11,13-16,22H,2-5,9,12,18H2,1H3. The summed E-state index contributed by atoms with van der Waals surface area (Å²) in [6, 6.07) is 19.4. The average Bonchev–Trinajstić information content (AvgIpc) is 2.68. The molecule has 0 aliphatic carbocycles. The SMILES string of the molecule is CCCCCCCC(=O)C(C#N)c1ccc(OCc2ccccc2)cc1. The molecular formula is C23H27NO2. The monoisotopic (exact) mass is 349 g/mol. The summed E-state index contributed by atoms with van der Waals surface area (Å²) in [5.41, 5.74) is 1.85. The van der Waals surface area contributed by atoms with Gasteiger partial charge in [-0.15, -0.1) is 0 Å². The normalized spacial score (nSPS) is 11.5. The Kier molecular flexibility index (Phi) is 8.42. The van der Waals surface area contributed by atoms with Crippen molar-refractivity contribution in [3.63, 3.8) is 0 Å². The molecular weight excluding hydrogens is 322 g/mol. The molecule has 3 nitrogen and oxygen atoms in total. The first-order chi connectivity index (χ1) is 12.7. The molecule has 2 rings (SSSR count). The van der Waals surface area contributed by atoms with Crippen LogP contribution < -0.4 is 4.74 Å². The van der Waals surface area contributed by atoms with E-state index in [9.17, 15) is 10.1 Å². The molecule has 0 saturated carbocycles. The lowest BCUT2D eigenvalue weighted by Crippen LogP contribution is -2.10. The van der Waals surface area contributed by atoms with Crippen LogP contribution in [0, 0.1) is 11.3 Å². The summed E-state index contributed by atoms with van der Waals surface area (Å²) in [4.78, 5) is 12.3. The van der Waals surface area contributed by atoms with Crippen LogP contribution in [0.1, 0.15) is 62.5 Å². The number of ether oxygens (including phenoxy) is 1. The van der Waals surface area contributed by atoms with Gasteiger partial charge >= 0.3 is 0 Å². The van der Waals surface area contributed by atoms with Gasteiger partial charge in [0.25, 0.3) is 0 Å². The Morgan fingerprint density at radius 3 is 2.35 bits per heavy atom. The summed E-state index contributed by atoms with van der Waals surface area (Å²) in [6.07, 6.45) is 5.97. The molecule has 136 valence electrons. The summed E-state index contributed by atoms with van der Waals surface area (Å²) in [5, 5.41) is 9.41. The van der Waals surface area contributed by atoms with Crippen molar-refractivity contribution in [2.24, 2.45) is 0 Å². The summed E-state index contributed by atoms with van der Waals surface area (Å²) in [6.45, 7) is 2.67. The van der Waals surface area contributed by atoms with Crippen LogP contribution in [-0.2, 0) is 11.4 Å². The highest BCUT2D eigenvalue weighted by atomic mass is 16.5. The third-order valence-electron chi connectivity index (χ3n) is 4.44. The molecule has 0 aliphatic heterocycles. The van der Waals surface area contributed by atoms with Crippen LogP contribution in [0.2, 0.25) is 0 Å². The topological polar surface area (TPSA) is 50.1 Å². The van der Waals surface area contributed by atoms with E-state index in [1.165, 1.54) is 12.8 Å². The quantitative estimate of drug-likeness (QED) is 0.482. The molecule has 1 atom stereocenters. The van der Waals surface area contributed by atoms with Crippen molar-refractivity contribution in [3.05, 3.63) is 65.7 Å². The van der Waals surface area contributed by atoms with Crippen LogP contribution in [0.3, 0.4) is 0 Å². The molecule has 0 N–H and O–H groups in total. The van der Waals surface area contributed by atoms with Crippen molar-refractivity contribution in [2.75, 3.05) is 0 Å². The van der Waals surface area contributed by atoms with Crippen molar-refractivity contribution < 1.29 is 9.53 Å². The zero-order valence-corrected chi connectivity index (χ0v) is 15.5. The number of ketones is 1. The van der Waals surface area contributed by atoms with E-state index in [1.807, 2.05) is 54.6 Å². The summed E-state index contributed by atoms with van der Waals surface area (Å²) < 4.78 is 5.76. The van der Waals surface area contributed by atoms with Gasteiger partial charge < -0.3 is 4.74 Å². The Hall–Kier alpha value is -2.60. The van der Waals surface area contributed by atoms with Crippen molar-refractivity contribution in [3.8, 4) is 11.8 Å². The third kappa shape index (κ3) is 6.37. The Morgan fingerprint density at radius 1 is 1.00 bits per heavy atom. The Bertz CT molecular complexity index is 701. The number of nitrogens with zero attached hydrogens (tertiary/aromatic N) is 1. The first-order valence-electron chi connectivity index (χ1n) is 9.43. The molecule has 0 radical (unpaired) electrons. The van der Waals surface area contributed by atoms with Crippen LogP contribution in [0.4, 0.5) is 0 Å². The Morgan fingerprint density at radius 2 is 1.69 bits per heavy atom. The maximum Gasteiger partial charge on any atom is 0.154 e. The highest BCUT2D eigenvalue weighted by Crippen LogP contribution is 2.23. The fourth-order valence-corrected chi connectivity index (χ4v) is 2.88. The van der Waals surface area contributed by atoms with Crippen LogP contribution in [0.25, 0.3) is 0 Å². The molecule has 0 bridgehead atoms. The van der Waals surface area contributed by atoms with Gasteiger partial charge in [0, 0.05) is 6.42 Å². The molecule has 1 unspecified atom stereocenters. The Labute approximate surface area is 156 Å². The van der Waals surface area contributed by atoms with E-state index in [0.29, 0.717) is 13.0 Å². The van der Waals surface area contributed by atoms with Crippen LogP contribution in [-0.4, -0.2) is 5.78 Å². The first-order valence-corrected chi connectivity index (χ1v) is 9.43. The molecule has 0 fully saturated rings. The van der Waals surface area contributed by atoms with Gasteiger partial charge in [0.15, 0.2) is 5.78 Å². The predicted octanol–water partition coefficient (Wildman–Crippen LogP) is 5.80. The minimum atomic E-state index is -0.677. The zero-order chi connectivity index (χ0) is 18.6. The van der Waals surface area contributed by atoms with E-state index >= 15 is 0 Å². The van der Waals surface area contributed by atoms with E-state index in [4.69, 9.17) is 4.74 Å². The highest BCUT2D eigenvalue weighted by Gasteiger charge is 2.19. The van der Waals surface area contributed by atoms with Crippen molar-refractivity contribution in [1.82, 2.24) is 0 Å². The van der Waals surface area contributed by atoms with Crippen LogP contribution in [0.5, 0.6) is 5.75 Å². The van der Waals surface area contributed by atoms with E-state index in [2.05, 4.69) is 13.0 Å². The number of unbranched alkanes of at least 4 members (excludes halogenated alkanes) is 4. The summed E-state index contributed by atoms with van der Waals surface area (Å²) >= 11 is 0. The average molecular weight is 349 g/mol. The van der Waals surface area contributed by atoms with Gasteiger partial charge in [-0.05, 0) is 29.7 Å². The minimum Gasteiger partial charge on any atom is -0.489 e. The molecule has 0 spiro atoms. The van der Waals surface area contributed by atoms with E-state index in [-0.39, 0.29) is 5.78 Å². The third-order valence-corrected chi connectivity index (χ3v) is 4.44. The van der Waals surface area contributed by atoms with Gasteiger partial charge in [-0.2, -0.15) is 5.26 Å². The maximum absolute atomic E-state index is 12.3. The lowest BCUT2D eigenvalue weighted by molar-refractivity contribution is -0.119. The predicted molar refractivity (Wildman–Crippen MR) is 104 cm³/mol. The lowest BCUT2D eigenvalue weighted by atomic mass is 9.93. The Balaban J connectivity index is 1.86. The maximum atomic E-state index is 12.3. The second kappa shape index (κ2) is 11.1. The summed E-state index contributed by atoms with van der Waals surface area (Å²) in [7, 11) is 0. The molecule has 26 heavy (non-hydrogen) atoms. The molecule has 0 heterocycles. The fraction of sp³-hybridized carbons (Fsp3) is 0.391. The number of benzene rings is 2. The molecule has 0 aromatic heterocycles. The van der Waals surface area contributed by atoms with E-state index in [0.717, 1.165) is 36.1 Å². The minimum absolute atomic E-state index is 0.0157. The van der Waals surface area contributed by atoms with Gasteiger partial charge in [-0.1, -0.05) is 75.1 Å². The number of nitriles is 1. The van der Waals surface area contributed by atoms with Gasteiger partial charge in [0.05, 0.1) is 6.07 Å². The highest BCUT2D eigenvalue weighted by molar-refractivity contribution is 5.88. The summed E-state index contributed by atoms with van der Waals surface area (Å²) in [5.74, 6) is 0.0765. The van der Waals surface area contributed by atoms with Gasteiger partial charge in [-0.3, -0.25) is 4.79 Å². The molecule has 2 aromatic rings. The van der Waals surface area contributed by atoms with E-state index < -0.39 is 5.92 Å². The molecule has 0 amide bonds. The zero-order valence-electron chi connectivity index (χ0n) is 15.5. The number of rotatable bonds is 11. The lowest BCUT2D eigenvalue weighted by Gasteiger charge is -2.11. The molecule has 3 heteroatoms. The van der Waals surface area contributed by atoms with Crippen molar-refractivity contribution in [1.29, 1.82) is 5.26 Å². The number of hydrogen-bond acceptors (Lipinski definition) is 3. The number of carbonyl (C=O) groups is 1. The first kappa shape index (κ1) is 19.7. The largest absolute Gasteiger partial charge is 0.489 e. The van der Waals surface area contributed by atoms with Gasteiger partial charge in [0.1, 0.15) is 18.3 Å². The molecule has 2 aromatic carbocycles. The number of carbonyl (C=O) groups excluding carboxylic acids is 1.